The van der Waals surface area contributed by atoms with E-state index >= 15 is 0 Å². The average molecular weight is 287 g/mol. The van der Waals surface area contributed by atoms with Crippen LogP contribution in [0.1, 0.15) is 15.9 Å². The molecule has 0 amide bonds. The van der Waals surface area contributed by atoms with Crippen LogP contribution in [-0.4, -0.2) is 45.1 Å². The number of sulfonamides is 1. The molecule has 0 spiro atoms. The maximum atomic E-state index is 11.6. The number of methoxy groups -OCH3 is 1. The van der Waals surface area contributed by atoms with Gasteiger partial charge >= 0.3 is 13.1 Å². The van der Waals surface area contributed by atoms with Gasteiger partial charge in [-0.15, -0.1) is 0 Å². The Bertz CT molecular complexity index is 545. The third-order valence-electron chi connectivity index (χ3n) is 2.19. The van der Waals surface area contributed by atoms with Crippen LogP contribution in [0.2, 0.25) is 0 Å². The van der Waals surface area contributed by atoms with Crippen molar-refractivity contribution in [1.82, 2.24) is 4.72 Å². The molecule has 0 heterocycles. The second-order valence-electron chi connectivity index (χ2n) is 3.78. The van der Waals surface area contributed by atoms with Gasteiger partial charge in [-0.1, -0.05) is 12.1 Å². The molecule has 1 aromatic rings. The predicted octanol–water partition coefficient (Wildman–Crippen LogP) is -1.10. The Morgan fingerprint density at radius 2 is 2.11 bits per heavy atom. The van der Waals surface area contributed by atoms with Gasteiger partial charge in [0, 0.05) is 6.44 Å². The van der Waals surface area contributed by atoms with E-state index in [-0.39, 0.29) is 11.3 Å². The van der Waals surface area contributed by atoms with Crippen molar-refractivity contribution in [1.29, 1.82) is 0 Å². The standard InChI is InChI=1S/C10H14BNO6S/c1-18-10(13)9-4-2-3-8(5-9)6-19(16,17)12-7-11(14)15/h2-5,12,14-15H,6-7H2,1H3. The third-order valence-corrected chi connectivity index (χ3v) is 3.51. The Balaban J connectivity index is 2.79. The van der Waals surface area contributed by atoms with Crippen LogP contribution in [0.25, 0.3) is 0 Å². The van der Waals surface area contributed by atoms with E-state index < -0.39 is 29.6 Å². The van der Waals surface area contributed by atoms with E-state index in [0.717, 1.165) is 0 Å². The second-order valence-corrected chi connectivity index (χ2v) is 5.59. The number of esters is 1. The molecule has 9 heteroatoms. The Morgan fingerprint density at radius 1 is 1.42 bits per heavy atom. The summed E-state index contributed by atoms with van der Waals surface area (Å²) in [5, 5.41) is 17.2. The highest BCUT2D eigenvalue weighted by atomic mass is 32.2. The van der Waals surface area contributed by atoms with Crippen molar-refractivity contribution >= 4 is 23.1 Å². The second kappa shape index (κ2) is 6.66. The Morgan fingerprint density at radius 3 is 2.68 bits per heavy atom. The van der Waals surface area contributed by atoms with Crippen LogP contribution in [-0.2, 0) is 20.5 Å². The lowest BCUT2D eigenvalue weighted by molar-refractivity contribution is 0.0600. The fourth-order valence-corrected chi connectivity index (χ4v) is 2.50. The van der Waals surface area contributed by atoms with E-state index in [0.29, 0.717) is 5.56 Å². The number of benzene rings is 1. The zero-order valence-corrected chi connectivity index (χ0v) is 11.1. The topological polar surface area (TPSA) is 113 Å². The number of carbonyl (C=O) groups is 1. The average Bonchev–Trinajstić information content (AvgIpc) is 2.35. The highest BCUT2D eigenvalue weighted by Gasteiger charge is 2.16. The van der Waals surface area contributed by atoms with Crippen LogP contribution in [0.3, 0.4) is 0 Å². The fraction of sp³-hybridized carbons (Fsp3) is 0.300. The summed E-state index contributed by atoms with van der Waals surface area (Å²) in [5.41, 5.74) is 0.639. The predicted molar refractivity (Wildman–Crippen MR) is 68.6 cm³/mol. The lowest BCUT2D eigenvalue weighted by atomic mass is 9.94. The van der Waals surface area contributed by atoms with Gasteiger partial charge < -0.3 is 14.8 Å². The molecule has 0 atom stereocenters. The maximum absolute atomic E-state index is 11.6. The molecule has 0 radical (unpaired) electrons. The van der Waals surface area contributed by atoms with Crippen LogP contribution in [0.15, 0.2) is 24.3 Å². The van der Waals surface area contributed by atoms with Crippen LogP contribution >= 0.6 is 0 Å². The molecule has 0 aliphatic carbocycles. The number of nitrogens with one attached hydrogen (secondary N) is 1. The van der Waals surface area contributed by atoms with E-state index in [2.05, 4.69) is 4.74 Å². The molecular formula is C10H14BNO6S. The van der Waals surface area contributed by atoms with Crippen LogP contribution in [0.4, 0.5) is 0 Å². The number of ether oxygens (including phenoxy) is 1. The third kappa shape index (κ3) is 5.39. The van der Waals surface area contributed by atoms with Gasteiger partial charge in [0.25, 0.3) is 0 Å². The number of hydrogen-bond acceptors (Lipinski definition) is 6. The lowest BCUT2D eigenvalue weighted by Gasteiger charge is -2.07. The van der Waals surface area contributed by atoms with E-state index in [9.17, 15) is 13.2 Å². The quantitative estimate of drug-likeness (QED) is 0.452. The van der Waals surface area contributed by atoms with Gasteiger partial charge in [0.2, 0.25) is 10.0 Å². The van der Waals surface area contributed by atoms with Crippen molar-refractivity contribution in [3.05, 3.63) is 35.4 Å². The summed E-state index contributed by atoms with van der Waals surface area (Å²) in [6, 6.07) is 5.99. The first kappa shape index (κ1) is 15.6. The molecule has 1 aromatic carbocycles. The summed E-state index contributed by atoms with van der Waals surface area (Å²) in [4.78, 5) is 11.3. The van der Waals surface area contributed by atoms with E-state index in [1.165, 1.54) is 25.3 Å². The van der Waals surface area contributed by atoms with Crippen molar-refractivity contribution in [3.63, 3.8) is 0 Å². The minimum atomic E-state index is -3.70. The zero-order valence-electron chi connectivity index (χ0n) is 10.2. The Labute approximate surface area is 111 Å². The summed E-state index contributed by atoms with van der Waals surface area (Å²) in [7, 11) is -4.22. The molecule has 1 rings (SSSR count). The van der Waals surface area contributed by atoms with Gasteiger partial charge in [-0.25, -0.2) is 17.9 Å². The molecule has 104 valence electrons. The maximum Gasteiger partial charge on any atom is 0.467 e. The molecule has 0 saturated heterocycles. The number of hydrogen-bond donors (Lipinski definition) is 3. The van der Waals surface area contributed by atoms with Crippen molar-refractivity contribution in [2.45, 2.75) is 5.75 Å². The summed E-state index contributed by atoms with van der Waals surface area (Å²) in [5.74, 6) is -0.928. The van der Waals surface area contributed by atoms with Crippen molar-refractivity contribution < 1.29 is 28.0 Å². The summed E-state index contributed by atoms with van der Waals surface area (Å²) in [6.45, 7) is 0. The minimum Gasteiger partial charge on any atom is -0.465 e. The Kier molecular flexibility index (Phi) is 5.49. The van der Waals surface area contributed by atoms with E-state index in [4.69, 9.17) is 10.0 Å². The molecule has 0 fully saturated rings. The number of carbonyl (C=O) groups excluding carboxylic acids is 1. The highest BCUT2D eigenvalue weighted by Crippen LogP contribution is 2.09. The molecule has 19 heavy (non-hydrogen) atoms. The van der Waals surface area contributed by atoms with Crippen molar-refractivity contribution in [2.24, 2.45) is 0 Å². The molecule has 0 aromatic heterocycles. The summed E-state index contributed by atoms with van der Waals surface area (Å²) in [6.07, 6.45) is -0.487. The molecule has 0 bridgehead atoms. The SMILES string of the molecule is COC(=O)c1cccc(CS(=O)(=O)NCB(O)O)c1. The van der Waals surface area contributed by atoms with E-state index in [1.54, 1.807) is 6.07 Å². The highest BCUT2D eigenvalue weighted by molar-refractivity contribution is 7.88. The van der Waals surface area contributed by atoms with Crippen molar-refractivity contribution in [2.75, 3.05) is 13.6 Å². The lowest BCUT2D eigenvalue weighted by Crippen LogP contribution is -2.35. The molecule has 7 nitrogen and oxygen atoms in total. The monoisotopic (exact) mass is 287 g/mol. The smallest absolute Gasteiger partial charge is 0.465 e. The summed E-state index contributed by atoms with van der Waals surface area (Å²) < 4.78 is 29.8. The Hall–Kier alpha value is -1.42. The van der Waals surface area contributed by atoms with Gasteiger partial charge in [0.05, 0.1) is 18.4 Å². The van der Waals surface area contributed by atoms with E-state index in [1.807, 2.05) is 4.72 Å². The first-order chi connectivity index (χ1) is 8.84. The first-order valence-electron chi connectivity index (χ1n) is 5.35. The molecule has 0 saturated carbocycles. The summed E-state index contributed by atoms with van der Waals surface area (Å²) >= 11 is 0. The van der Waals surface area contributed by atoms with Crippen LogP contribution < -0.4 is 4.72 Å². The largest absolute Gasteiger partial charge is 0.467 e. The first-order valence-corrected chi connectivity index (χ1v) is 7.00. The minimum absolute atomic E-state index is 0.248. The molecule has 0 aliphatic heterocycles. The fourth-order valence-electron chi connectivity index (χ4n) is 1.38. The van der Waals surface area contributed by atoms with Gasteiger partial charge in [-0.3, -0.25) is 0 Å². The molecule has 0 aliphatic rings. The van der Waals surface area contributed by atoms with Crippen molar-refractivity contribution in [3.8, 4) is 0 Å². The van der Waals surface area contributed by atoms with Crippen LogP contribution in [0.5, 0.6) is 0 Å². The molecular weight excluding hydrogens is 273 g/mol. The van der Waals surface area contributed by atoms with Gasteiger partial charge in [0.15, 0.2) is 0 Å². The van der Waals surface area contributed by atoms with Gasteiger partial charge in [-0.05, 0) is 17.7 Å². The van der Waals surface area contributed by atoms with Crippen LogP contribution in [0, 0.1) is 0 Å². The normalized spacial score (nSPS) is 11.1. The van der Waals surface area contributed by atoms with Gasteiger partial charge in [0.1, 0.15) is 0 Å². The number of rotatable bonds is 6. The molecule has 3 N–H and O–H groups in total. The molecule has 0 unspecified atom stereocenters. The zero-order chi connectivity index (χ0) is 14.5. The van der Waals surface area contributed by atoms with Gasteiger partial charge in [-0.2, -0.15) is 0 Å².